The number of aliphatic hydroxyl groups excluding tert-OH is 1. The summed E-state index contributed by atoms with van der Waals surface area (Å²) in [5, 5.41) is 19.5. The van der Waals surface area contributed by atoms with Crippen molar-refractivity contribution in [2.75, 3.05) is 40.2 Å². The van der Waals surface area contributed by atoms with E-state index in [2.05, 4.69) is 36.7 Å². The van der Waals surface area contributed by atoms with Crippen LogP contribution in [0.5, 0.6) is 0 Å². The molecule has 2 fully saturated rings. The Morgan fingerprint density at radius 3 is 2.35 bits per heavy atom. The third-order valence-corrected chi connectivity index (χ3v) is 11.9. The fourth-order valence-corrected chi connectivity index (χ4v) is 8.47. The van der Waals surface area contributed by atoms with Gasteiger partial charge in [0.05, 0.1) is 55.3 Å². The van der Waals surface area contributed by atoms with Crippen LogP contribution in [0.15, 0.2) is 24.3 Å². The van der Waals surface area contributed by atoms with E-state index in [1.165, 1.54) is 0 Å². The number of likely N-dealkylation sites (N-methyl/N-ethyl adjacent to an activating group) is 1. The zero-order valence-corrected chi connectivity index (χ0v) is 34.5. The number of methoxy groups -OCH3 is 2. The van der Waals surface area contributed by atoms with Crippen LogP contribution in [-0.4, -0.2) is 121 Å². The number of nitrogens with zero attached hydrogens (tertiary/aromatic N) is 2. The van der Waals surface area contributed by atoms with Gasteiger partial charge in [0.2, 0.25) is 23.6 Å². The highest BCUT2D eigenvalue weighted by Gasteiger charge is 2.43. The van der Waals surface area contributed by atoms with Crippen molar-refractivity contribution in [1.29, 1.82) is 0 Å². The van der Waals surface area contributed by atoms with E-state index in [-0.39, 0.29) is 72.5 Å². The summed E-state index contributed by atoms with van der Waals surface area (Å²) in [7, 11) is 4.86. The van der Waals surface area contributed by atoms with E-state index in [0.29, 0.717) is 25.1 Å². The molecule has 2 aliphatic heterocycles. The van der Waals surface area contributed by atoms with E-state index >= 15 is 0 Å². The number of amides is 4. The zero-order chi connectivity index (χ0) is 40.3. The Morgan fingerprint density at radius 1 is 1.09 bits per heavy atom. The minimum atomic E-state index is -0.744. The number of nitrogens with one attached hydrogen (secondary N) is 3. The summed E-state index contributed by atoms with van der Waals surface area (Å²) in [4.78, 5) is 58.9. The van der Waals surface area contributed by atoms with Crippen LogP contribution in [0.1, 0.15) is 92.6 Å². The molecule has 0 bridgehead atoms. The quantitative estimate of drug-likeness (QED) is 0.125. The van der Waals surface area contributed by atoms with Gasteiger partial charge in [0.15, 0.2) is 0 Å². The van der Waals surface area contributed by atoms with Gasteiger partial charge in [-0.2, -0.15) is 0 Å². The van der Waals surface area contributed by atoms with E-state index in [0.717, 1.165) is 31.2 Å². The van der Waals surface area contributed by atoms with Crippen LogP contribution < -0.4 is 21.7 Å². The molecule has 0 aliphatic carbocycles. The van der Waals surface area contributed by atoms with Crippen molar-refractivity contribution in [2.45, 2.75) is 142 Å². The topological polar surface area (TPSA) is 176 Å². The maximum Gasteiger partial charge on any atom is 0.245 e. The van der Waals surface area contributed by atoms with Crippen molar-refractivity contribution in [3.8, 4) is 0 Å². The molecule has 11 unspecified atom stereocenters. The van der Waals surface area contributed by atoms with Gasteiger partial charge >= 0.3 is 0 Å². The van der Waals surface area contributed by atoms with Crippen LogP contribution in [0.2, 0.25) is 0 Å². The molecule has 2 aliphatic rings. The molecule has 54 heavy (non-hydrogen) atoms. The highest BCUT2D eigenvalue weighted by molar-refractivity contribution is 5.90. The predicted molar refractivity (Wildman–Crippen MR) is 211 cm³/mol. The Balaban J connectivity index is 1.74. The normalized spacial score (nSPS) is 24.0. The number of carbonyl (C=O) groups excluding carboxylic acids is 4. The summed E-state index contributed by atoms with van der Waals surface area (Å²) in [5.41, 5.74) is 7.44. The highest BCUT2D eigenvalue weighted by atomic mass is 16.5. The van der Waals surface area contributed by atoms with Crippen molar-refractivity contribution >= 4 is 29.3 Å². The summed E-state index contributed by atoms with van der Waals surface area (Å²) >= 11 is 0. The van der Waals surface area contributed by atoms with E-state index in [1.54, 1.807) is 44.1 Å². The lowest BCUT2D eigenvalue weighted by Gasteiger charge is -2.41. The van der Waals surface area contributed by atoms with Gasteiger partial charge < -0.3 is 46.1 Å². The standard InChI is InChI=1S/C41H70N6O7/c1-11-25(5)37(46(8)41(52)35(24(3)4)45-40(51)36-26(6)19-30(12-2)43-36)33(53-9)22-34(49)47-18-14-17-32(47)38(54-10)27(7)39(50)44-31(23-48)21-28-15-13-16-29(42)20-28/h13,15-16,20,24-27,30-33,35-38,43,48H,11-12,14,17-19,21-23,42H2,1-10H3,(H,44,50)(H,45,51). The Labute approximate surface area is 323 Å². The van der Waals surface area contributed by atoms with Crippen molar-refractivity contribution in [2.24, 2.45) is 23.7 Å². The van der Waals surface area contributed by atoms with Gasteiger partial charge in [0.25, 0.3) is 0 Å². The molecule has 3 rings (SSSR count). The number of carbonyl (C=O) groups is 4. The summed E-state index contributed by atoms with van der Waals surface area (Å²) in [6.45, 7) is 14.2. The summed E-state index contributed by atoms with van der Waals surface area (Å²) in [5.74, 6) is -1.42. The molecule has 13 nitrogen and oxygen atoms in total. The maximum atomic E-state index is 14.3. The fourth-order valence-electron chi connectivity index (χ4n) is 8.47. The monoisotopic (exact) mass is 759 g/mol. The number of nitrogens with two attached hydrogens (primary N) is 1. The van der Waals surface area contributed by atoms with E-state index in [4.69, 9.17) is 15.2 Å². The second-order valence-corrected chi connectivity index (χ2v) is 16.1. The first-order chi connectivity index (χ1) is 25.6. The number of anilines is 1. The molecule has 2 saturated heterocycles. The van der Waals surface area contributed by atoms with E-state index in [9.17, 15) is 24.3 Å². The summed E-state index contributed by atoms with van der Waals surface area (Å²) < 4.78 is 12.0. The van der Waals surface area contributed by atoms with Gasteiger partial charge in [-0.1, -0.05) is 67.0 Å². The third-order valence-electron chi connectivity index (χ3n) is 11.9. The van der Waals surface area contributed by atoms with Crippen LogP contribution in [0.3, 0.4) is 0 Å². The Morgan fingerprint density at radius 2 is 1.80 bits per heavy atom. The largest absolute Gasteiger partial charge is 0.399 e. The van der Waals surface area contributed by atoms with Gasteiger partial charge in [-0.05, 0) is 67.6 Å². The molecule has 4 amide bonds. The molecule has 0 saturated carbocycles. The highest BCUT2D eigenvalue weighted by Crippen LogP contribution is 2.30. The van der Waals surface area contributed by atoms with Gasteiger partial charge in [0.1, 0.15) is 6.04 Å². The molecule has 306 valence electrons. The van der Waals surface area contributed by atoms with E-state index in [1.807, 2.05) is 39.0 Å². The van der Waals surface area contributed by atoms with E-state index < -0.39 is 36.3 Å². The first-order valence-corrected chi connectivity index (χ1v) is 20.1. The van der Waals surface area contributed by atoms with Crippen molar-refractivity contribution in [3.05, 3.63) is 29.8 Å². The van der Waals surface area contributed by atoms with Crippen LogP contribution in [-0.2, 0) is 35.1 Å². The SMILES string of the molecule is CCC1CC(C)C(C(=O)NC(C(=O)N(C)C(C(C)CC)C(CC(=O)N2CCCC2C(OC)C(C)C(=O)NC(CO)Cc2cccc(N)c2)OC)C(C)C)N1. The van der Waals surface area contributed by atoms with Crippen LogP contribution in [0.25, 0.3) is 0 Å². The molecule has 11 atom stereocenters. The van der Waals surface area contributed by atoms with Gasteiger partial charge in [-0.15, -0.1) is 0 Å². The van der Waals surface area contributed by atoms with Crippen LogP contribution in [0, 0.1) is 23.7 Å². The number of benzene rings is 1. The predicted octanol–water partition coefficient (Wildman–Crippen LogP) is 3.13. The molecule has 1 aromatic rings. The second kappa shape index (κ2) is 21.2. The molecule has 0 aromatic heterocycles. The molecule has 0 radical (unpaired) electrons. The first-order valence-electron chi connectivity index (χ1n) is 20.1. The molecule has 6 N–H and O–H groups in total. The molecular formula is C41H70N6O7. The minimum Gasteiger partial charge on any atom is -0.399 e. The Hall–Kier alpha value is -3.26. The molecule has 1 aromatic carbocycles. The second-order valence-electron chi connectivity index (χ2n) is 16.1. The lowest BCUT2D eigenvalue weighted by molar-refractivity contribution is -0.147. The zero-order valence-electron chi connectivity index (χ0n) is 34.5. The summed E-state index contributed by atoms with van der Waals surface area (Å²) in [6.07, 6.45) is 3.27. The number of hydrogen-bond acceptors (Lipinski definition) is 9. The minimum absolute atomic E-state index is 0.0151. The lowest BCUT2D eigenvalue weighted by atomic mass is 9.89. The Bertz CT molecular complexity index is 1380. The maximum absolute atomic E-state index is 14.3. The van der Waals surface area contributed by atoms with Gasteiger partial charge in [0, 0.05) is 39.5 Å². The number of ether oxygens (including phenoxy) is 2. The fraction of sp³-hybridized carbons (Fsp3) is 0.756. The number of nitrogen functional groups attached to an aromatic ring is 1. The molecule has 0 spiro atoms. The Kier molecular flexibility index (Phi) is 17.7. The average molecular weight is 759 g/mol. The van der Waals surface area contributed by atoms with Crippen molar-refractivity contribution in [3.63, 3.8) is 0 Å². The number of hydrogen-bond donors (Lipinski definition) is 5. The number of rotatable bonds is 20. The van der Waals surface area contributed by atoms with Gasteiger partial charge in [-0.3, -0.25) is 19.2 Å². The van der Waals surface area contributed by atoms with Crippen LogP contribution in [0.4, 0.5) is 5.69 Å². The van der Waals surface area contributed by atoms with Crippen molar-refractivity contribution in [1.82, 2.24) is 25.8 Å². The average Bonchev–Trinajstić information content (AvgIpc) is 3.79. The van der Waals surface area contributed by atoms with Gasteiger partial charge in [-0.25, -0.2) is 0 Å². The number of aliphatic hydroxyl groups is 1. The molecule has 13 heteroatoms. The molecular weight excluding hydrogens is 688 g/mol. The van der Waals surface area contributed by atoms with Crippen LogP contribution >= 0.6 is 0 Å². The lowest BCUT2D eigenvalue weighted by Crippen LogP contribution is -2.59. The summed E-state index contributed by atoms with van der Waals surface area (Å²) in [6, 6.07) is 5.23. The smallest absolute Gasteiger partial charge is 0.245 e. The van der Waals surface area contributed by atoms with Crippen molar-refractivity contribution < 1.29 is 33.8 Å². The third kappa shape index (κ3) is 11.4. The first kappa shape index (κ1) is 45.1. The number of likely N-dealkylation sites (tertiary alicyclic amines) is 1. The molecule has 2 heterocycles.